The summed E-state index contributed by atoms with van der Waals surface area (Å²) in [6, 6.07) is 19.4. The Balaban J connectivity index is 1.62. The summed E-state index contributed by atoms with van der Waals surface area (Å²) in [5, 5.41) is 10.3. The molecule has 0 atom stereocenters. The fourth-order valence-electron chi connectivity index (χ4n) is 3.80. The molecule has 0 spiro atoms. The largest absolute Gasteiger partial charge is 0.422 e. The molecule has 3 aromatic rings. The van der Waals surface area contributed by atoms with Crippen LogP contribution in [0.2, 0.25) is 5.02 Å². The van der Waals surface area contributed by atoms with Crippen molar-refractivity contribution in [1.29, 1.82) is 5.26 Å². The number of piperazine rings is 1. The molecule has 0 aliphatic carbocycles. The lowest BCUT2D eigenvalue weighted by molar-refractivity contribution is 0.521. The van der Waals surface area contributed by atoms with Gasteiger partial charge in [0.15, 0.2) is 5.56 Å². The SMILES string of the molecule is CN(C)c1ccc(-c2cc(N3CCN(c4ccccc4Cl)CC3)c(C#N)c(=O)o2)cc1. The van der Waals surface area contributed by atoms with E-state index >= 15 is 0 Å². The van der Waals surface area contributed by atoms with Crippen LogP contribution in [-0.2, 0) is 0 Å². The van der Waals surface area contributed by atoms with Crippen molar-refractivity contribution >= 4 is 28.7 Å². The van der Waals surface area contributed by atoms with Crippen molar-refractivity contribution in [2.24, 2.45) is 0 Å². The van der Waals surface area contributed by atoms with E-state index in [-0.39, 0.29) is 5.56 Å². The first-order valence-corrected chi connectivity index (χ1v) is 10.5. The van der Waals surface area contributed by atoms with E-state index in [1.54, 1.807) is 6.07 Å². The Morgan fingerprint density at radius 2 is 1.58 bits per heavy atom. The summed E-state index contributed by atoms with van der Waals surface area (Å²) in [5.41, 5.74) is 2.89. The van der Waals surface area contributed by atoms with Crippen LogP contribution in [0.15, 0.2) is 63.8 Å². The highest BCUT2D eigenvalue weighted by Crippen LogP contribution is 2.30. The van der Waals surface area contributed by atoms with Gasteiger partial charge in [0.05, 0.1) is 16.4 Å². The Morgan fingerprint density at radius 3 is 2.16 bits per heavy atom. The summed E-state index contributed by atoms with van der Waals surface area (Å²) in [4.78, 5) is 18.9. The second-order valence-corrected chi connectivity index (χ2v) is 8.04. The van der Waals surface area contributed by atoms with Crippen molar-refractivity contribution in [3.05, 3.63) is 75.6 Å². The Labute approximate surface area is 186 Å². The van der Waals surface area contributed by atoms with Gasteiger partial charge >= 0.3 is 5.63 Å². The minimum atomic E-state index is -0.611. The first-order chi connectivity index (χ1) is 15.0. The zero-order valence-corrected chi connectivity index (χ0v) is 18.3. The van der Waals surface area contributed by atoms with E-state index in [0.717, 1.165) is 35.1 Å². The predicted octanol–water partition coefficient (Wildman–Crippen LogP) is 4.22. The molecule has 2 aromatic carbocycles. The Kier molecular flexibility index (Phi) is 5.88. The normalized spacial score (nSPS) is 13.7. The van der Waals surface area contributed by atoms with E-state index in [4.69, 9.17) is 16.0 Å². The Bertz CT molecular complexity index is 1170. The molecule has 1 saturated heterocycles. The molecular formula is C24H23ClN4O2. The van der Waals surface area contributed by atoms with Crippen molar-refractivity contribution in [1.82, 2.24) is 0 Å². The number of rotatable bonds is 4. The first-order valence-electron chi connectivity index (χ1n) is 10.1. The highest BCUT2D eigenvalue weighted by atomic mass is 35.5. The number of nitriles is 1. The summed E-state index contributed by atoms with van der Waals surface area (Å²) < 4.78 is 5.48. The standard InChI is InChI=1S/C24H23ClN4O2/c1-27(2)18-9-7-17(8-10-18)23-15-22(19(16-26)24(30)31-23)29-13-11-28(12-14-29)21-6-4-3-5-20(21)25/h3-10,15H,11-14H2,1-2H3. The lowest BCUT2D eigenvalue weighted by Crippen LogP contribution is -2.47. The van der Waals surface area contributed by atoms with Crippen molar-refractivity contribution in [2.45, 2.75) is 0 Å². The van der Waals surface area contributed by atoms with Gasteiger partial charge in [-0.05, 0) is 36.4 Å². The highest BCUT2D eigenvalue weighted by Gasteiger charge is 2.23. The molecule has 1 aliphatic heterocycles. The third kappa shape index (κ3) is 4.23. The van der Waals surface area contributed by atoms with Crippen LogP contribution < -0.4 is 20.3 Å². The van der Waals surface area contributed by atoms with E-state index in [1.165, 1.54) is 0 Å². The van der Waals surface area contributed by atoms with Gasteiger partial charge < -0.3 is 19.1 Å². The van der Waals surface area contributed by atoms with Gasteiger partial charge in [-0.15, -0.1) is 0 Å². The van der Waals surface area contributed by atoms with Gasteiger partial charge in [0, 0.05) is 57.6 Å². The van der Waals surface area contributed by atoms with E-state index < -0.39 is 5.63 Å². The van der Waals surface area contributed by atoms with Crippen molar-refractivity contribution < 1.29 is 4.42 Å². The van der Waals surface area contributed by atoms with Crippen LogP contribution in [0.25, 0.3) is 11.3 Å². The lowest BCUT2D eigenvalue weighted by Gasteiger charge is -2.37. The summed E-state index contributed by atoms with van der Waals surface area (Å²) in [6.07, 6.45) is 0. The van der Waals surface area contributed by atoms with Gasteiger partial charge in [-0.2, -0.15) is 5.26 Å². The van der Waals surface area contributed by atoms with Crippen molar-refractivity contribution in [3.8, 4) is 17.4 Å². The van der Waals surface area contributed by atoms with Gasteiger partial charge in [0.1, 0.15) is 11.8 Å². The monoisotopic (exact) mass is 434 g/mol. The van der Waals surface area contributed by atoms with Crippen LogP contribution in [0, 0.1) is 11.3 Å². The number of halogens is 1. The van der Waals surface area contributed by atoms with E-state index in [0.29, 0.717) is 24.5 Å². The lowest BCUT2D eigenvalue weighted by atomic mass is 10.1. The summed E-state index contributed by atoms with van der Waals surface area (Å²) in [5.74, 6) is 0.456. The molecule has 1 aliphatic rings. The molecule has 6 nitrogen and oxygen atoms in total. The molecule has 31 heavy (non-hydrogen) atoms. The second kappa shape index (κ2) is 8.75. The van der Waals surface area contributed by atoms with Crippen LogP contribution in [0.3, 0.4) is 0 Å². The molecule has 0 radical (unpaired) electrons. The van der Waals surface area contributed by atoms with Crippen LogP contribution in [-0.4, -0.2) is 40.3 Å². The van der Waals surface area contributed by atoms with Crippen molar-refractivity contribution in [2.75, 3.05) is 55.0 Å². The Morgan fingerprint density at radius 1 is 0.968 bits per heavy atom. The summed E-state index contributed by atoms with van der Waals surface area (Å²) >= 11 is 6.34. The molecule has 0 saturated carbocycles. The van der Waals surface area contributed by atoms with Gasteiger partial charge in [0.25, 0.3) is 0 Å². The number of nitrogens with zero attached hydrogens (tertiary/aromatic N) is 4. The minimum Gasteiger partial charge on any atom is -0.422 e. The van der Waals surface area contributed by atoms with Gasteiger partial charge in [-0.1, -0.05) is 23.7 Å². The zero-order valence-electron chi connectivity index (χ0n) is 17.5. The molecule has 2 heterocycles. The van der Waals surface area contributed by atoms with E-state index in [1.807, 2.05) is 73.6 Å². The van der Waals surface area contributed by atoms with Gasteiger partial charge in [-0.25, -0.2) is 4.79 Å². The maximum Gasteiger partial charge on any atom is 0.356 e. The van der Waals surface area contributed by atoms with Crippen LogP contribution >= 0.6 is 11.6 Å². The topological polar surface area (TPSA) is 63.7 Å². The van der Waals surface area contributed by atoms with Gasteiger partial charge in [-0.3, -0.25) is 0 Å². The highest BCUT2D eigenvalue weighted by molar-refractivity contribution is 6.33. The fourth-order valence-corrected chi connectivity index (χ4v) is 4.05. The Hall–Kier alpha value is -3.43. The number of hydrogen-bond donors (Lipinski definition) is 0. The molecule has 1 fully saturated rings. The molecule has 0 N–H and O–H groups in total. The molecule has 158 valence electrons. The smallest absolute Gasteiger partial charge is 0.356 e. The average Bonchev–Trinajstić information content (AvgIpc) is 2.79. The number of hydrogen-bond acceptors (Lipinski definition) is 6. The zero-order chi connectivity index (χ0) is 22.0. The predicted molar refractivity (Wildman–Crippen MR) is 125 cm³/mol. The molecule has 0 bridgehead atoms. The summed E-state index contributed by atoms with van der Waals surface area (Å²) in [7, 11) is 3.94. The molecule has 1 aromatic heterocycles. The van der Waals surface area contributed by atoms with E-state index in [9.17, 15) is 10.1 Å². The first kappa shape index (κ1) is 20.8. The van der Waals surface area contributed by atoms with E-state index in [2.05, 4.69) is 9.80 Å². The molecule has 0 amide bonds. The average molecular weight is 435 g/mol. The third-order valence-electron chi connectivity index (χ3n) is 5.52. The molecule has 7 heteroatoms. The molecule has 4 rings (SSSR count). The van der Waals surface area contributed by atoms with Crippen LogP contribution in [0.4, 0.5) is 17.1 Å². The minimum absolute atomic E-state index is 0.0415. The van der Waals surface area contributed by atoms with Crippen LogP contribution in [0.5, 0.6) is 0 Å². The number of anilines is 3. The second-order valence-electron chi connectivity index (χ2n) is 7.64. The quantitative estimate of drug-likeness (QED) is 0.612. The summed E-state index contributed by atoms with van der Waals surface area (Å²) in [6.45, 7) is 2.81. The number of para-hydroxylation sites is 1. The maximum atomic E-state index is 12.6. The third-order valence-corrected chi connectivity index (χ3v) is 5.84. The molecule has 0 unspecified atom stereocenters. The molecular weight excluding hydrogens is 412 g/mol. The maximum absolute atomic E-state index is 12.6. The van der Waals surface area contributed by atoms with Gasteiger partial charge in [0.2, 0.25) is 0 Å². The van der Waals surface area contributed by atoms with Crippen LogP contribution in [0.1, 0.15) is 5.56 Å². The van der Waals surface area contributed by atoms with Crippen molar-refractivity contribution in [3.63, 3.8) is 0 Å². The fraction of sp³-hybridized carbons (Fsp3) is 0.250. The number of benzene rings is 2.